The summed E-state index contributed by atoms with van der Waals surface area (Å²) in [5.74, 6) is 1.54. The van der Waals surface area contributed by atoms with Crippen molar-refractivity contribution in [1.82, 2.24) is 20.5 Å². The van der Waals surface area contributed by atoms with Crippen LogP contribution in [-0.2, 0) is 11.3 Å². The molecule has 2 aliphatic rings. The lowest BCUT2D eigenvalue weighted by Crippen LogP contribution is -2.49. The summed E-state index contributed by atoms with van der Waals surface area (Å²) < 4.78 is 0. The van der Waals surface area contributed by atoms with E-state index in [4.69, 9.17) is 5.73 Å². The van der Waals surface area contributed by atoms with E-state index >= 15 is 0 Å². The fourth-order valence-corrected chi connectivity index (χ4v) is 3.71. The molecule has 110 valence electrons. The normalized spacial score (nSPS) is 32.9. The number of nitrogens with zero attached hydrogens (tertiary/aromatic N) is 1. The number of aromatic nitrogens is 3. The van der Waals surface area contributed by atoms with Crippen LogP contribution < -0.4 is 16.7 Å². The minimum atomic E-state index is -0.354. The van der Waals surface area contributed by atoms with Crippen molar-refractivity contribution in [3.63, 3.8) is 0 Å². The Morgan fingerprint density at radius 3 is 2.65 bits per heavy atom. The highest BCUT2D eigenvalue weighted by Gasteiger charge is 2.40. The standard InChI is InChI=1S/C13H21N5O2/c14-11-7-2-1-3-8(11)5-9(4-7)12(19)15-6-10-16-13(20)18-17-10/h7-9,11H,1-6,14H2,(H,15,19)(H2,16,17,18,20). The summed E-state index contributed by atoms with van der Waals surface area (Å²) in [6.45, 7) is 0.259. The highest BCUT2D eigenvalue weighted by molar-refractivity contribution is 5.78. The molecule has 2 saturated carbocycles. The first-order valence-corrected chi connectivity index (χ1v) is 7.30. The molecule has 7 nitrogen and oxygen atoms in total. The number of carbonyl (C=O) groups is 1. The van der Waals surface area contributed by atoms with Crippen LogP contribution in [-0.4, -0.2) is 27.1 Å². The van der Waals surface area contributed by atoms with Gasteiger partial charge in [0.15, 0.2) is 0 Å². The largest absolute Gasteiger partial charge is 0.349 e. The van der Waals surface area contributed by atoms with Gasteiger partial charge in [0.05, 0.1) is 6.54 Å². The maximum atomic E-state index is 12.2. The first kappa shape index (κ1) is 13.4. The average molecular weight is 279 g/mol. The zero-order valence-corrected chi connectivity index (χ0v) is 11.4. The molecule has 0 spiro atoms. The van der Waals surface area contributed by atoms with Gasteiger partial charge in [-0.3, -0.25) is 9.78 Å². The zero-order chi connectivity index (χ0) is 14.1. The molecule has 2 bridgehead atoms. The van der Waals surface area contributed by atoms with E-state index in [1.807, 2.05) is 0 Å². The highest BCUT2D eigenvalue weighted by atomic mass is 16.2. The van der Waals surface area contributed by atoms with Crippen LogP contribution in [0.2, 0.25) is 0 Å². The number of nitrogens with two attached hydrogens (primary N) is 1. The van der Waals surface area contributed by atoms with Gasteiger partial charge in [-0.2, -0.15) is 5.10 Å². The van der Waals surface area contributed by atoms with Crippen molar-refractivity contribution in [3.05, 3.63) is 16.3 Å². The number of H-pyrrole nitrogens is 2. The number of carbonyl (C=O) groups excluding carboxylic acids is 1. The number of fused-ring (bicyclic) bond motifs is 2. The van der Waals surface area contributed by atoms with Gasteiger partial charge in [-0.05, 0) is 37.5 Å². The quantitative estimate of drug-likeness (QED) is 0.616. The Morgan fingerprint density at radius 1 is 1.35 bits per heavy atom. The third-order valence-corrected chi connectivity index (χ3v) is 4.76. The van der Waals surface area contributed by atoms with Gasteiger partial charge in [0, 0.05) is 12.0 Å². The maximum absolute atomic E-state index is 12.2. The van der Waals surface area contributed by atoms with E-state index in [0.717, 1.165) is 25.7 Å². The minimum absolute atomic E-state index is 0.0516. The molecule has 3 rings (SSSR count). The predicted octanol–water partition coefficient (Wildman–Crippen LogP) is -0.132. The summed E-state index contributed by atoms with van der Waals surface area (Å²) in [7, 11) is 0. The number of hydrogen-bond donors (Lipinski definition) is 4. The smallest absolute Gasteiger partial charge is 0.340 e. The number of aromatic amines is 2. The SMILES string of the molecule is NC1C2CCCC1CC(C(=O)NCc1n[nH]c(=O)[nH]1)C2. The lowest BCUT2D eigenvalue weighted by atomic mass is 9.65. The van der Waals surface area contributed by atoms with E-state index in [2.05, 4.69) is 20.5 Å². The lowest BCUT2D eigenvalue weighted by molar-refractivity contribution is -0.128. The molecule has 0 saturated heterocycles. The summed E-state index contributed by atoms with van der Waals surface area (Å²) in [6.07, 6.45) is 5.31. The molecule has 1 amide bonds. The maximum Gasteiger partial charge on any atom is 0.340 e. The van der Waals surface area contributed by atoms with Gasteiger partial charge in [0.1, 0.15) is 5.82 Å². The van der Waals surface area contributed by atoms with Crippen molar-refractivity contribution in [1.29, 1.82) is 0 Å². The molecule has 0 aliphatic heterocycles. The van der Waals surface area contributed by atoms with Gasteiger partial charge < -0.3 is 11.1 Å². The molecule has 0 radical (unpaired) electrons. The van der Waals surface area contributed by atoms with Crippen molar-refractivity contribution in [2.24, 2.45) is 23.5 Å². The van der Waals surface area contributed by atoms with E-state index in [1.54, 1.807) is 0 Å². The fourth-order valence-electron chi connectivity index (χ4n) is 3.71. The van der Waals surface area contributed by atoms with Crippen molar-refractivity contribution < 1.29 is 4.79 Å². The van der Waals surface area contributed by atoms with Crippen LogP contribution in [0.25, 0.3) is 0 Å². The van der Waals surface area contributed by atoms with Gasteiger partial charge in [0.25, 0.3) is 0 Å². The van der Waals surface area contributed by atoms with Crippen LogP contribution in [0.15, 0.2) is 4.79 Å². The second kappa shape index (κ2) is 5.40. The molecule has 5 N–H and O–H groups in total. The van der Waals surface area contributed by atoms with E-state index in [0.29, 0.717) is 17.7 Å². The minimum Gasteiger partial charge on any atom is -0.349 e. The number of rotatable bonds is 3. The number of nitrogens with one attached hydrogen (secondary N) is 3. The van der Waals surface area contributed by atoms with Gasteiger partial charge in [-0.1, -0.05) is 6.42 Å². The van der Waals surface area contributed by atoms with Gasteiger partial charge in [-0.25, -0.2) is 9.89 Å². The third-order valence-electron chi connectivity index (χ3n) is 4.76. The summed E-state index contributed by atoms with van der Waals surface area (Å²) >= 11 is 0. The van der Waals surface area contributed by atoms with E-state index in [9.17, 15) is 9.59 Å². The van der Waals surface area contributed by atoms with Crippen LogP contribution in [0.5, 0.6) is 0 Å². The number of hydrogen-bond acceptors (Lipinski definition) is 4. The Morgan fingerprint density at radius 2 is 2.05 bits per heavy atom. The second-order valence-electron chi connectivity index (χ2n) is 6.04. The van der Waals surface area contributed by atoms with Gasteiger partial charge in [0.2, 0.25) is 5.91 Å². The summed E-state index contributed by atoms with van der Waals surface area (Å²) in [5, 5.41) is 8.91. The van der Waals surface area contributed by atoms with Crippen LogP contribution >= 0.6 is 0 Å². The monoisotopic (exact) mass is 279 g/mol. The molecule has 2 atom stereocenters. The summed E-state index contributed by atoms with van der Waals surface area (Å²) in [4.78, 5) is 25.7. The van der Waals surface area contributed by atoms with Crippen molar-refractivity contribution >= 4 is 5.91 Å². The molecule has 2 fully saturated rings. The molecule has 7 heteroatoms. The second-order valence-corrected chi connectivity index (χ2v) is 6.04. The Hall–Kier alpha value is -1.63. The van der Waals surface area contributed by atoms with Crippen molar-refractivity contribution in [2.75, 3.05) is 0 Å². The third kappa shape index (κ3) is 2.63. The van der Waals surface area contributed by atoms with Crippen LogP contribution in [0.3, 0.4) is 0 Å². The van der Waals surface area contributed by atoms with Crippen molar-refractivity contribution in [2.45, 2.75) is 44.7 Å². The molecule has 20 heavy (non-hydrogen) atoms. The molecule has 1 heterocycles. The zero-order valence-electron chi connectivity index (χ0n) is 11.4. The first-order chi connectivity index (χ1) is 9.63. The summed E-state index contributed by atoms with van der Waals surface area (Å²) in [5.41, 5.74) is 5.87. The lowest BCUT2D eigenvalue weighted by Gasteiger charge is -2.43. The molecule has 2 aliphatic carbocycles. The number of amides is 1. The van der Waals surface area contributed by atoms with Crippen LogP contribution in [0.1, 0.15) is 37.9 Å². The average Bonchev–Trinajstić information content (AvgIpc) is 2.81. The van der Waals surface area contributed by atoms with Crippen LogP contribution in [0, 0.1) is 17.8 Å². The Bertz CT molecular complexity index is 523. The fraction of sp³-hybridized carbons (Fsp3) is 0.769. The highest BCUT2D eigenvalue weighted by Crippen LogP contribution is 2.41. The molecule has 0 aromatic carbocycles. The van der Waals surface area contributed by atoms with Crippen LogP contribution in [0.4, 0.5) is 0 Å². The summed E-state index contributed by atoms with van der Waals surface area (Å²) in [6, 6.07) is 0.274. The molecular formula is C13H21N5O2. The first-order valence-electron chi connectivity index (χ1n) is 7.30. The topological polar surface area (TPSA) is 117 Å². The molecule has 2 unspecified atom stereocenters. The van der Waals surface area contributed by atoms with E-state index in [1.165, 1.54) is 6.42 Å². The Labute approximate surface area is 116 Å². The molecular weight excluding hydrogens is 258 g/mol. The van der Waals surface area contributed by atoms with E-state index in [-0.39, 0.29) is 30.1 Å². The van der Waals surface area contributed by atoms with Crippen molar-refractivity contribution in [3.8, 4) is 0 Å². The molecule has 1 aromatic heterocycles. The predicted molar refractivity (Wildman–Crippen MR) is 72.6 cm³/mol. The van der Waals surface area contributed by atoms with E-state index < -0.39 is 0 Å². The molecule has 1 aromatic rings. The Balaban J connectivity index is 1.56. The van der Waals surface area contributed by atoms with Gasteiger partial charge >= 0.3 is 5.69 Å². The Kier molecular flexibility index (Phi) is 3.60. The van der Waals surface area contributed by atoms with Gasteiger partial charge in [-0.15, -0.1) is 0 Å².